The molecule has 0 aliphatic carbocycles. The molecule has 0 unspecified atom stereocenters. The van der Waals surface area contributed by atoms with Crippen molar-refractivity contribution in [1.82, 2.24) is 5.43 Å². The van der Waals surface area contributed by atoms with Crippen LogP contribution in [0.4, 0.5) is 5.69 Å². The van der Waals surface area contributed by atoms with Crippen molar-refractivity contribution in [3.63, 3.8) is 0 Å². The van der Waals surface area contributed by atoms with Crippen LogP contribution in [0.3, 0.4) is 0 Å². The minimum Gasteiger partial charge on any atom is -0.496 e. The first kappa shape index (κ1) is 22.6. The van der Waals surface area contributed by atoms with E-state index in [1.807, 2.05) is 18.2 Å². The van der Waals surface area contributed by atoms with Crippen LogP contribution in [0.1, 0.15) is 49.2 Å². The van der Waals surface area contributed by atoms with Gasteiger partial charge in [0.05, 0.1) is 27.5 Å². The molecule has 0 atom stereocenters. The molecular weight excluding hydrogens is 513 g/mol. The molecule has 1 aliphatic rings. The number of benzene rings is 2. The lowest BCUT2D eigenvalue weighted by Gasteiger charge is -2.43. The van der Waals surface area contributed by atoms with Gasteiger partial charge in [-0.25, -0.2) is 5.43 Å². The highest BCUT2D eigenvalue weighted by molar-refractivity contribution is 14.1. The van der Waals surface area contributed by atoms with Gasteiger partial charge in [0.15, 0.2) is 0 Å². The van der Waals surface area contributed by atoms with Crippen LogP contribution in [0.25, 0.3) is 5.57 Å². The van der Waals surface area contributed by atoms with Gasteiger partial charge >= 0.3 is 0 Å². The number of halogens is 2. The number of amides is 1. The zero-order valence-electron chi connectivity index (χ0n) is 17.7. The highest BCUT2D eigenvalue weighted by Gasteiger charge is 2.30. The number of rotatable bonds is 5. The largest absolute Gasteiger partial charge is 0.496 e. The van der Waals surface area contributed by atoms with Crippen molar-refractivity contribution in [2.24, 2.45) is 5.10 Å². The van der Waals surface area contributed by atoms with E-state index in [4.69, 9.17) is 16.3 Å². The minimum absolute atomic E-state index is 0.0761. The molecule has 0 saturated carbocycles. The number of ether oxygens (including phenoxy) is 1. The Labute approximate surface area is 196 Å². The maximum absolute atomic E-state index is 12.4. The third kappa shape index (κ3) is 4.49. The number of likely N-dealkylation sites (N-methyl/N-ethyl adjacent to an activating group) is 1. The molecule has 0 spiro atoms. The summed E-state index contributed by atoms with van der Waals surface area (Å²) in [6.07, 6.45) is 3.84. The van der Waals surface area contributed by atoms with Crippen LogP contribution in [0.5, 0.6) is 5.75 Å². The highest BCUT2D eigenvalue weighted by Crippen LogP contribution is 2.40. The lowest BCUT2D eigenvalue weighted by Crippen LogP contribution is -2.44. The number of methoxy groups -OCH3 is 1. The number of hydrogen-bond donors (Lipinski definition) is 1. The molecule has 2 aromatic carbocycles. The van der Waals surface area contributed by atoms with Gasteiger partial charge in [-0.05, 0) is 86.2 Å². The van der Waals surface area contributed by atoms with Crippen molar-refractivity contribution in [2.45, 2.75) is 33.2 Å². The third-order valence-corrected chi connectivity index (χ3v) is 6.41. The van der Waals surface area contributed by atoms with Crippen LogP contribution in [0.15, 0.2) is 41.5 Å². The summed E-state index contributed by atoms with van der Waals surface area (Å²) in [6.45, 7) is 9.51. The van der Waals surface area contributed by atoms with Gasteiger partial charge in [-0.15, -0.1) is 0 Å². The molecule has 0 radical (unpaired) electrons. The molecule has 1 N–H and O–H groups in total. The SMILES string of the molecule is CCN1c2cc(Cl)c(/C=N/NC(=O)c3ccc(I)c(OC)c3)cc2C(C)=CC1(C)C. The summed E-state index contributed by atoms with van der Waals surface area (Å²) in [7, 11) is 1.58. The summed E-state index contributed by atoms with van der Waals surface area (Å²) in [4.78, 5) is 14.7. The second-order valence-electron chi connectivity index (χ2n) is 7.66. The standard InChI is InChI=1S/C23H25ClIN3O2/c1-6-28-20-11-18(24)16(9-17(20)14(2)12-23(28,3)4)13-26-27-22(29)15-7-8-19(25)21(10-15)30-5/h7-13H,6H2,1-5H3,(H,27,29)/b26-13+. The summed E-state index contributed by atoms with van der Waals surface area (Å²) in [5, 5.41) is 4.70. The van der Waals surface area contributed by atoms with E-state index in [-0.39, 0.29) is 11.4 Å². The molecule has 3 rings (SSSR count). The predicted molar refractivity (Wildman–Crippen MR) is 133 cm³/mol. The van der Waals surface area contributed by atoms with E-state index in [0.717, 1.165) is 26.9 Å². The third-order valence-electron chi connectivity index (χ3n) is 5.20. The zero-order valence-corrected chi connectivity index (χ0v) is 20.6. The zero-order chi connectivity index (χ0) is 22.1. The lowest BCUT2D eigenvalue weighted by atomic mass is 9.88. The van der Waals surface area contributed by atoms with E-state index in [2.05, 4.69) is 71.8 Å². The molecule has 30 heavy (non-hydrogen) atoms. The Kier molecular flexibility index (Phi) is 6.77. The second kappa shape index (κ2) is 8.98. The summed E-state index contributed by atoms with van der Waals surface area (Å²) in [5.41, 5.74) is 7.13. The summed E-state index contributed by atoms with van der Waals surface area (Å²) >= 11 is 8.70. The second-order valence-corrected chi connectivity index (χ2v) is 9.23. The van der Waals surface area contributed by atoms with Crippen molar-refractivity contribution in [3.05, 3.63) is 61.7 Å². The summed E-state index contributed by atoms with van der Waals surface area (Å²) < 4.78 is 6.20. The number of carbonyl (C=O) groups excluding carboxylic acids is 1. The first-order valence-electron chi connectivity index (χ1n) is 9.66. The summed E-state index contributed by atoms with van der Waals surface area (Å²) in [5.74, 6) is 0.334. The van der Waals surface area contributed by atoms with Crippen LogP contribution >= 0.6 is 34.2 Å². The van der Waals surface area contributed by atoms with Crippen LogP contribution in [-0.2, 0) is 0 Å². The number of nitrogens with one attached hydrogen (secondary N) is 1. The number of hydrazone groups is 1. The maximum Gasteiger partial charge on any atom is 0.271 e. The molecule has 0 saturated heterocycles. The Balaban J connectivity index is 1.83. The molecule has 1 aliphatic heterocycles. The number of nitrogens with zero attached hydrogens (tertiary/aromatic N) is 2. The normalized spacial score (nSPS) is 15.0. The van der Waals surface area contributed by atoms with E-state index in [0.29, 0.717) is 16.3 Å². The lowest BCUT2D eigenvalue weighted by molar-refractivity contribution is 0.0954. The Morgan fingerprint density at radius 1 is 1.33 bits per heavy atom. The Bertz CT molecular complexity index is 1050. The van der Waals surface area contributed by atoms with Gasteiger partial charge in [-0.2, -0.15) is 5.10 Å². The minimum atomic E-state index is -0.315. The van der Waals surface area contributed by atoms with Gasteiger partial charge in [0.25, 0.3) is 5.91 Å². The van der Waals surface area contributed by atoms with Gasteiger partial charge in [-0.3, -0.25) is 4.79 Å². The molecule has 7 heteroatoms. The first-order chi connectivity index (χ1) is 14.2. The Hall–Kier alpha value is -2.06. The number of hydrogen-bond acceptors (Lipinski definition) is 4. The van der Waals surface area contributed by atoms with E-state index >= 15 is 0 Å². The molecular formula is C23H25ClIN3O2. The van der Waals surface area contributed by atoms with Crippen LogP contribution in [0.2, 0.25) is 5.02 Å². The van der Waals surface area contributed by atoms with Gasteiger partial charge in [0.1, 0.15) is 5.75 Å². The molecule has 1 heterocycles. The molecule has 0 fully saturated rings. The summed E-state index contributed by atoms with van der Waals surface area (Å²) in [6, 6.07) is 9.25. The van der Waals surface area contributed by atoms with Crippen LogP contribution in [-0.4, -0.2) is 31.3 Å². The smallest absolute Gasteiger partial charge is 0.271 e. The average molecular weight is 538 g/mol. The first-order valence-corrected chi connectivity index (χ1v) is 11.1. The van der Waals surface area contributed by atoms with E-state index < -0.39 is 0 Å². The molecule has 158 valence electrons. The van der Waals surface area contributed by atoms with Crippen molar-refractivity contribution in [1.29, 1.82) is 0 Å². The van der Waals surface area contributed by atoms with Gasteiger partial charge in [0.2, 0.25) is 0 Å². The topological polar surface area (TPSA) is 53.9 Å². The van der Waals surface area contributed by atoms with E-state index in [9.17, 15) is 4.79 Å². The van der Waals surface area contributed by atoms with Crippen molar-refractivity contribution in [2.75, 3.05) is 18.6 Å². The Morgan fingerprint density at radius 2 is 2.07 bits per heavy atom. The monoisotopic (exact) mass is 537 g/mol. The van der Waals surface area contributed by atoms with Gasteiger partial charge < -0.3 is 9.64 Å². The fourth-order valence-corrected chi connectivity index (χ4v) is 4.58. The van der Waals surface area contributed by atoms with Crippen LogP contribution in [0, 0.1) is 3.57 Å². The van der Waals surface area contributed by atoms with E-state index in [1.54, 1.807) is 25.5 Å². The fraction of sp³-hybridized carbons (Fsp3) is 0.304. The predicted octanol–water partition coefficient (Wildman–Crippen LogP) is 5.74. The van der Waals surface area contributed by atoms with Crippen molar-refractivity contribution < 1.29 is 9.53 Å². The van der Waals surface area contributed by atoms with Crippen LogP contribution < -0.4 is 15.1 Å². The van der Waals surface area contributed by atoms with E-state index in [1.165, 1.54) is 5.57 Å². The molecule has 2 aromatic rings. The quantitative estimate of drug-likeness (QED) is 0.301. The van der Waals surface area contributed by atoms with Gasteiger partial charge in [0, 0.05) is 28.9 Å². The average Bonchev–Trinajstić information content (AvgIpc) is 2.68. The molecule has 1 amide bonds. The van der Waals surface area contributed by atoms with Crippen molar-refractivity contribution >= 4 is 57.6 Å². The molecule has 5 nitrogen and oxygen atoms in total. The molecule has 0 bridgehead atoms. The van der Waals surface area contributed by atoms with Gasteiger partial charge in [-0.1, -0.05) is 17.7 Å². The highest BCUT2D eigenvalue weighted by atomic mass is 127. The number of fused-ring (bicyclic) bond motifs is 1. The number of carbonyl (C=O) groups is 1. The maximum atomic E-state index is 12.4. The number of anilines is 1. The fourth-order valence-electron chi connectivity index (χ4n) is 3.82. The Morgan fingerprint density at radius 3 is 2.73 bits per heavy atom. The number of allylic oxidation sites excluding steroid dienone is 1. The molecule has 0 aromatic heterocycles. The van der Waals surface area contributed by atoms with Crippen molar-refractivity contribution in [3.8, 4) is 5.75 Å².